The summed E-state index contributed by atoms with van der Waals surface area (Å²) in [5.74, 6) is 15.3. The van der Waals surface area contributed by atoms with Gasteiger partial charge in [-0.2, -0.15) is 11.8 Å². The molecule has 0 aromatic rings. The molecule has 1 saturated carbocycles. The van der Waals surface area contributed by atoms with Crippen LogP contribution >= 0.6 is 33.3 Å². The number of hydrogen-bond acceptors (Lipinski definition) is 6. The van der Waals surface area contributed by atoms with Crippen LogP contribution in [0.25, 0.3) is 0 Å². The van der Waals surface area contributed by atoms with E-state index >= 15 is 0 Å². The molecule has 0 aromatic carbocycles. The lowest BCUT2D eigenvalue weighted by Crippen LogP contribution is -2.13. The maximum absolute atomic E-state index is 5.29. The molecule has 0 spiro atoms. The Labute approximate surface area is 647 Å². The van der Waals surface area contributed by atoms with E-state index in [1.807, 2.05) is 87.0 Å². The van der Waals surface area contributed by atoms with E-state index in [1.165, 1.54) is 136 Å². The SMILES string of the molecule is C.C.C.C/C=C\C.CC#CC.CC#CC.CC(C)=C(C)C.CC(C)=C(C)C.CC(C)=C(C)C(C)=C(C)C.CC(C)=C(C)C(C)=C(C)C.CC(C)=C(C)C(C)=C(C)C.CC(C)=C1C(C)C1(C)C.CC1(C)OC1(C)C.CC1=C(C)CN(C)C1.CC1=C(C)COC1.CC1=C(C)CSC1.CCSSC. The van der Waals surface area contributed by atoms with Crippen LogP contribution in [0.15, 0.2) is 146 Å². The Morgan fingerprint density at radius 3 is 0.680 bits per heavy atom. The number of epoxide rings is 1. The van der Waals surface area contributed by atoms with E-state index in [2.05, 4.69) is 333 Å². The molecule has 3 nitrogen and oxygen atoms in total. The van der Waals surface area contributed by atoms with Crippen molar-refractivity contribution in [3.05, 3.63) is 146 Å². The van der Waals surface area contributed by atoms with Crippen LogP contribution in [0.1, 0.15) is 355 Å². The molecule has 4 aliphatic heterocycles. The Morgan fingerprint density at radius 1 is 0.430 bits per heavy atom. The first-order valence-corrected chi connectivity index (χ1v) is 39.6. The predicted molar refractivity (Wildman–Crippen MR) is 486 cm³/mol. The highest BCUT2D eigenvalue weighted by molar-refractivity contribution is 8.76. The molecular weight excluding hydrogens is 1270 g/mol. The minimum absolute atomic E-state index is 0. The topological polar surface area (TPSA) is 25.0 Å². The third-order valence-electron chi connectivity index (χ3n) is 18.3. The lowest BCUT2D eigenvalue weighted by atomic mass is 10.0. The zero-order chi connectivity index (χ0) is 79.2. The van der Waals surface area contributed by atoms with Gasteiger partial charge >= 0.3 is 0 Å². The molecule has 0 aromatic heterocycles. The van der Waals surface area contributed by atoms with Crippen molar-refractivity contribution in [1.82, 2.24) is 4.90 Å². The van der Waals surface area contributed by atoms with Crippen molar-refractivity contribution >= 4 is 33.3 Å². The minimum Gasteiger partial charge on any atom is -0.373 e. The fourth-order valence-electron chi connectivity index (χ4n) is 7.17. The molecule has 6 heteroatoms. The van der Waals surface area contributed by atoms with Crippen LogP contribution in [-0.2, 0) is 9.47 Å². The second kappa shape index (κ2) is 70.0. The second-order valence-corrected chi connectivity index (χ2v) is 33.6. The zero-order valence-corrected chi connectivity index (χ0v) is 77.1. The highest BCUT2D eigenvalue weighted by Crippen LogP contribution is 2.58. The van der Waals surface area contributed by atoms with Gasteiger partial charge in [0.15, 0.2) is 0 Å². The quantitative estimate of drug-likeness (QED) is 0.0895. The van der Waals surface area contributed by atoms with E-state index in [9.17, 15) is 0 Å². The molecule has 0 radical (unpaired) electrons. The van der Waals surface area contributed by atoms with Gasteiger partial charge in [-0.25, -0.2) is 0 Å². The molecule has 1 aliphatic carbocycles. The van der Waals surface area contributed by atoms with E-state index in [0.29, 0.717) is 5.41 Å². The molecule has 2 fully saturated rings. The van der Waals surface area contributed by atoms with Gasteiger partial charge in [-0.05, 0) is 374 Å². The lowest BCUT2D eigenvalue weighted by molar-refractivity contribution is 0.204. The Kier molecular flexibility index (Phi) is 86.4. The number of allylic oxidation sites excluding steroid dienone is 20. The number of nitrogens with zero attached hydrogens (tertiary/aromatic N) is 1. The molecule has 0 N–H and O–H groups in total. The van der Waals surface area contributed by atoms with Gasteiger partial charge in [0.25, 0.3) is 0 Å². The molecule has 100 heavy (non-hydrogen) atoms. The first-order valence-electron chi connectivity index (χ1n) is 35.7. The smallest absolute Gasteiger partial charge is 0.0918 e. The molecule has 1 atom stereocenters. The summed E-state index contributed by atoms with van der Waals surface area (Å²) in [6.45, 7) is 106. The van der Waals surface area contributed by atoms with E-state index in [0.717, 1.165) is 19.1 Å². The average Bonchev–Trinajstić information content (AvgIpc) is 1.60. The van der Waals surface area contributed by atoms with Crippen molar-refractivity contribution in [2.75, 3.05) is 56.9 Å². The van der Waals surface area contributed by atoms with Gasteiger partial charge in [-0.1, -0.05) is 173 Å². The van der Waals surface area contributed by atoms with Gasteiger partial charge in [0.1, 0.15) is 0 Å². The van der Waals surface area contributed by atoms with Gasteiger partial charge < -0.3 is 9.47 Å². The molecule has 590 valence electrons. The van der Waals surface area contributed by atoms with E-state index in [4.69, 9.17) is 9.47 Å². The third-order valence-corrected chi connectivity index (χ3v) is 21.5. The second-order valence-electron chi connectivity index (χ2n) is 29.8. The van der Waals surface area contributed by atoms with Gasteiger partial charge in [0, 0.05) is 30.3 Å². The predicted octanol–water partition coefficient (Wildman–Crippen LogP) is 32.7. The first-order chi connectivity index (χ1) is 44.1. The lowest BCUT2D eigenvalue weighted by Gasteiger charge is -2.05. The van der Waals surface area contributed by atoms with Crippen LogP contribution in [0.2, 0.25) is 0 Å². The summed E-state index contributed by atoms with van der Waals surface area (Å²) in [5, 5.41) is 0. The number of hydrogen-bond donors (Lipinski definition) is 0. The van der Waals surface area contributed by atoms with Crippen molar-refractivity contribution in [3.8, 4) is 23.7 Å². The monoisotopic (exact) mass is 1450 g/mol. The van der Waals surface area contributed by atoms with Gasteiger partial charge in [-0.3, -0.25) is 4.90 Å². The number of rotatable bonds is 5. The number of ether oxygens (including phenoxy) is 2. The summed E-state index contributed by atoms with van der Waals surface area (Å²) in [7, 11) is 5.85. The van der Waals surface area contributed by atoms with Crippen LogP contribution in [-0.4, -0.2) is 73.0 Å². The molecule has 5 aliphatic rings. The summed E-state index contributed by atoms with van der Waals surface area (Å²) < 4.78 is 10.4. The summed E-state index contributed by atoms with van der Waals surface area (Å²) in [5.41, 5.74) is 35.9. The Morgan fingerprint density at radius 2 is 0.640 bits per heavy atom. The van der Waals surface area contributed by atoms with E-state index < -0.39 is 0 Å². The van der Waals surface area contributed by atoms with Crippen LogP contribution in [0.5, 0.6) is 0 Å². The fourth-order valence-corrected chi connectivity index (χ4v) is 9.32. The summed E-state index contributed by atoms with van der Waals surface area (Å²) in [6, 6.07) is 0. The standard InChI is InChI=1S/3C10H18.C9H16.C7H13N.C6H10O.C6H12O.C6H10S.2C6H12.C4H8.2C4H6.C3H8S2.3CH4/c3*1-7(2)9(5)10(6)8(3)4;1-6(2)8-7(3)9(8,4)5;1-6-4-8(3)5-7(6)2;1-5-3-7-4-6(5)2;1-5(2)6(3,4)7-5;1-5-3-7-4-6(5)2;2*1-5(2)6(3)4;3*1-3-4-2;1-3-5-4-2;;;/h3*1-6H3;7H,1-5H3;4-5H2,1-3H3;3-4H2,1-2H3;1-4H3;3-4H2,1-2H3;2*1-4H3;3-4H,1-2H3;2*1-2H3;3H2,1-2H3;3*1H4/b;;;;;;;;;;4-3-;;;;;;. The number of likely N-dealkylation sites (N-methyl/N-ethyl adjacent to an activating group) is 1. The molecule has 1 unspecified atom stereocenters. The maximum Gasteiger partial charge on any atom is 0.0918 e. The largest absolute Gasteiger partial charge is 0.373 e. The van der Waals surface area contributed by atoms with Gasteiger partial charge in [-0.15, -0.1) is 23.7 Å². The van der Waals surface area contributed by atoms with E-state index in [1.54, 1.807) is 27.9 Å². The molecular formula is C94H179NO2S3. The summed E-state index contributed by atoms with van der Waals surface area (Å²) in [4.78, 5) is 2.32. The van der Waals surface area contributed by atoms with Gasteiger partial charge in [0.2, 0.25) is 0 Å². The van der Waals surface area contributed by atoms with Crippen LogP contribution in [0.3, 0.4) is 0 Å². The molecule has 5 rings (SSSR count). The Bertz CT molecular complexity index is 2420. The Balaban J connectivity index is -0.0000000839. The number of thioether (sulfide) groups is 1. The molecule has 0 amide bonds. The van der Waals surface area contributed by atoms with Crippen LogP contribution in [0.4, 0.5) is 0 Å². The van der Waals surface area contributed by atoms with Crippen LogP contribution < -0.4 is 0 Å². The van der Waals surface area contributed by atoms with Crippen molar-refractivity contribution < 1.29 is 9.47 Å². The molecule has 1 saturated heterocycles. The van der Waals surface area contributed by atoms with Crippen molar-refractivity contribution in [3.63, 3.8) is 0 Å². The first kappa shape index (κ1) is 123. The zero-order valence-electron chi connectivity index (χ0n) is 74.7. The fraction of sp³-hybridized carbons (Fsp3) is 0.681. The minimum atomic E-state index is 0. The maximum atomic E-state index is 5.29. The highest BCUT2D eigenvalue weighted by atomic mass is 33.1. The summed E-state index contributed by atoms with van der Waals surface area (Å²) in [6.07, 6.45) is 6.09. The Hall–Kier alpha value is -3.33. The van der Waals surface area contributed by atoms with Crippen LogP contribution in [0, 0.1) is 35.0 Å². The highest BCUT2D eigenvalue weighted by Gasteiger charge is 2.56. The van der Waals surface area contributed by atoms with E-state index in [-0.39, 0.29) is 33.5 Å². The normalized spacial score (nSPS) is 14.6. The van der Waals surface area contributed by atoms with Gasteiger partial charge in [0.05, 0.1) is 24.4 Å². The molecule has 4 heterocycles. The van der Waals surface area contributed by atoms with Crippen molar-refractivity contribution in [1.29, 1.82) is 0 Å². The molecule has 0 bridgehead atoms. The third kappa shape index (κ3) is 70.3. The van der Waals surface area contributed by atoms with Crippen molar-refractivity contribution in [2.45, 2.75) is 366 Å². The summed E-state index contributed by atoms with van der Waals surface area (Å²) >= 11 is 2.02. The van der Waals surface area contributed by atoms with Crippen molar-refractivity contribution in [2.24, 2.45) is 11.3 Å². The average molecular weight is 1450 g/mol.